The summed E-state index contributed by atoms with van der Waals surface area (Å²) >= 11 is 0. The number of piperidine rings is 1. The summed E-state index contributed by atoms with van der Waals surface area (Å²) in [5.74, 6) is -0.227. The van der Waals surface area contributed by atoms with Gasteiger partial charge in [-0.2, -0.15) is 0 Å². The number of hydrogen-bond acceptors (Lipinski definition) is 2. The fourth-order valence-corrected chi connectivity index (χ4v) is 2.41. The van der Waals surface area contributed by atoms with E-state index in [1.807, 2.05) is 6.07 Å². The van der Waals surface area contributed by atoms with Crippen molar-refractivity contribution < 1.29 is 9.18 Å². The second-order valence-electron chi connectivity index (χ2n) is 5.09. The third-order valence-electron chi connectivity index (χ3n) is 3.51. The summed E-state index contributed by atoms with van der Waals surface area (Å²) in [5.41, 5.74) is 0.796. The van der Waals surface area contributed by atoms with Gasteiger partial charge in [0.15, 0.2) is 0 Å². The van der Waals surface area contributed by atoms with E-state index in [1.165, 1.54) is 25.0 Å². The van der Waals surface area contributed by atoms with E-state index in [4.69, 9.17) is 0 Å². The van der Waals surface area contributed by atoms with Gasteiger partial charge in [-0.1, -0.05) is 18.6 Å². The maximum atomic E-state index is 13.0. The fraction of sp³-hybridized carbons (Fsp3) is 0.533. The Labute approximate surface area is 113 Å². The molecule has 1 saturated heterocycles. The molecule has 0 bridgehead atoms. The quantitative estimate of drug-likeness (QED) is 0.857. The van der Waals surface area contributed by atoms with E-state index >= 15 is 0 Å². The van der Waals surface area contributed by atoms with Gasteiger partial charge in [-0.15, -0.1) is 0 Å². The summed E-state index contributed by atoms with van der Waals surface area (Å²) in [7, 11) is 0. The molecule has 1 fully saturated rings. The molecule has 1 heterocycles. The van der Waals surface area contributed by atoms with Crippen LogP contribution in [-0.2, 0) is 11.3 Å². The Kier molecular flexibility index (Phi) is 5.33. The molecule has 19 heavy (non-hydrogen) atoms. The molecule has 1 amide bonds. The second-order valence-corrected chi connectivity index (χ2v) is 5.09. The molecule has 2 N–H and O–H groups in total. The molecule has 4 heteroatoms. The van der Waals surface area contributed by atoms with Crippen molar-refractivity contribution in [1.29, 1.82) is 0 Å². The Bertz CT molecular complexity index is 416. The monoisotopic (exact) mass is 264 g/mol. The minimum atomic E-state index is -0.266. The largest absolute Gasteiger partial charge is 0.352 e. The lowest BCUT2D eigenvalue weighted by Gasteiger charge is -2.23. The maximum Gasteiger partial charge on any atom is 0.220 e. The molecule has 104 valence electrons. The van der Waals surface area contributed by atoms with Gasteiger partial charge in [-0.05, 0) is 43.5 Å². The highest BCUT2D eigenvalue weighted by molar-refractivity contribution is 5.75. The predicted octanol–water partition coefficient (Wildman–Crippen LogP) is 2.36. The molecule has 0 aliphatic carbocycles. The molecule has 1 unspecified atom stereocenters. The molecule has 1 atom stereocenters. The summed E-state index contributed by atoms with van der Waals surface area (Å²) in [6.45, 7) is 1.46. The molecular formula is C15H21FN2O. The third kappa shape index (κ3) is 4.99. The number of amides is 1. The average Bonchev–Trinajstić information content (AvgIpc) is 2.44. The van der Waals surface area contributed by atoms with Crippen LogP contribution in [0, 0.1) is 5.82 Å². The Morgan fingerprint density at radius 2 is 2.32 bits per heavy atom. The lowest BCUT2D eigenvalue weighted by atomic mass is 10.0. The van der Waals surface area contributed by atoms with Gasteiger partial charge in [0.1, 0.15) is 5.82 Å². The van der Waals surface area contributed by atoms with Crippen molar-refractivity contribution in [2.24, 2.45) is 0 Å². The van der Waals surface area contributed by atoms with Crippen molar-refractivity contribution in [3.63, 3.8) is 0 Å². The van der Waals surface area contributed by atoms with Crippen LogP contribution in [0.25, 0.3) is 0 Å². The minimum absolute atomic E-state index is 0.0386. The van der Waals surface area contributed by atoms with Gasteiger partial charge in [0, 0.05) is 19.0 Å². The highest BCUT2D eigenvalue weighted by Crippen LogP contribution is 2.11. The SMILES string of the molecule is O=C(CCC1CCCCN1)NCc1cccc(F)c1. The van der Waals surface area contributed by atoms with E-state index in [-0.39, 0.29) is 11.7 Å². The zero-order chi connectivity index (χ0) is 13.5. The van der Waals surface area contributed by atoms with E-state index in [1.54, 1.807) is 6.07 Å². The van der Waals surface area contributed by atoms with Crippen LogP contribution in [0.2, 0.25) is 0 Å². The van der Waals surface area contributed by atoms with Crippen molar-refractivity contribution in [3.8, 4) is 0 Å². The minimum Gasteiger partial charge on any atom is -0.352 e. The number of carbonyl (C=O) groups excluding carboxylic acids is 1. The average molecular weight is 264 g/mol. The topological polar surface area (TPSA) is 41.1 Å². The standard InChI is InChI=1S/C15H21FN2O/c16-13-5-3-4-12(10-13)11-18-15(19)8-7-14-6-1-2-9-17-14/h3-5,10,14,17H,1-2,6-9,11H2,(H,18,19). The number of hydrogen-bond donors (Lipinski definition) is 2. The molecule has 1 aliphatic heterocycles. The van der Waals surface area contributed by atoms with Crippen molar-refractivity contribution in [2.75, 3.05) is 6.54 Å². The van der Waals surface area contributed by atoms with Gasteiger partial charge in [0.25, 0.3) is 0 Å². The molecular weight excluding hydrogens is 243 g/mol. The van der Waals surface area contributed by atoms with E-state index < -0.39 is 0 Å². The van der Waals surface area contributed by atoms with E-state index in [0.29, 0.717) is 19.0 Å². The number of benzene rings is 1. The summed E-state index contributed by atoms with van der Waals surface area (Å²) in [5, 5.41) is 6.26. The van der Waals surface area contributed by atoms with Crippen LogP contribution in [0.3, 0.4) is 0 Å². The maximum absolute atomic E-state index is 13.0. The van der Waals surface area contributed by atoms with Crippen molar-refractivity contribution >= 4 is 5.91 Å². The summed E-state index contributed by atoms with van der Waals surface area (Å²) in [6.07, 6.45) is 5.07. The molecule has 2 rings (SSSR count). The highest BCUT2D eigenvalue weighted by Gasteiger charge is 2.13. The number of rotatable bonds is 5. The second kappa shape index (κ2) is 7.24. The predicted molar refractivity (Wildman–Crippen MR) is 73.1 cm³/mol. The van der Waals surface area contributed by atoms with Gasteiger partial charge in [0.05, 0.1) is 0 Å². The van der Waals surface area contributed by atoms with Crippen molar-refractivity contribution in [2.45, 2.75) is 44.7 Å². The van der Waals surface area contributed by atoms with Crippen LogP contribution in [0.15, 0.2) is 24.3 Å². The Morgan fingerprint density at radius 3 is 3.05 bits per heavy atom. The highest BCUT2D eigenvalue weighted by atomic mass is 19.1. The van der Waals surface area contributed by atoms with Gasteiger partial charge < -0.3 is 10.6 Å². The van der Waals surface area contributed by atoms with Gasteiger partial charge >= 0.3 is 0 Å². The van der Waals surface area contributed by atoms with Crippen LogP contribution in [0.5, 0.6) is 0 Å². The van der Waals surface area contributed by atoms with Crippen molar-refractivity contribution in [3.05, 3.63) is 35.6 Å². The van der Waals surface area contributed by atoms with Crippen LogP contribution in [0.1, 0.15) is 37.7 Å². The molecule has 1 aromatic rings. The smallest absolute Gasteiger partial charge is 0.220 e. The van der Waals surface area contributed by atoms with E-state index in [9.17, 15) is 9.18 Å². The first-order valence-corrected chi connectivity index (χ1v) is 6.98. The summed E-state index contributed by atoms with van der Waals surface area (Å²) in [6, 6.07) is 6.80. The van der Waals surface area contributed by atoms with Gasteiger partial charge in [0.2, 0.25) is 5.91 Å². The zero-order valence-electron chi connectivity index (χ0n) is 11.1. The van der Waals surface area contributed by atoms with Gasteiger partial charge in [-0.25, -0.2) is 4.39 Å². The fourth-order valence-electron chi connectivity index (χ4n) is 2.41. The molecule has 0 spiro atoms. The van der Waals surface area contributed by atoms with Crippen LogP contribution >= 0.6 is 0 Å². The lowest BCUT2D eigenvalue weighted by Crippen LogP contribution is -2.35. The van der Waals surface area contributed by atoms with Crippen molar-refractivity contribution in [1.82, 2.24) is 10.6 Å². The first kappa shape index (κ1) is 14.0. The molecule has 0 aromatic heterocycles. The van der Waals surface area contributed by atoms with Crippen LogP contribution in [-0.4, -0.2) is 18.5 Å². The molecule has 1 aliphatic rings. The lowest BCUT2D eigenvalue weighted by molar-refractivity contribution is -0.121. The zero-order valence-corrected chi connectivity index (χ0v) is 11.1. The Morgan fingerprint density at radius 1 is 1.42 bits per heavy atom. The molecule has 1 aromatic carbocycles. The first-order chi connectivity index (χ1) is 9.24. The van der Waals surface area contributed by atoms with Gasteiger partial charge in [-0.3, -0.25) is 4.79 Å². The van der Waals surface area contributed by atoms with Crippen LogP contribution in [0.4, 0.5) is 4.39 Å². The Balaban J connectivity index is 1.66. The Hall–Kier alpha value is -1.42. The number of carbonyl (C=O) groups is 1. The number of halogens is 1. The molecule has 0 saturated carbocycles. The third-order valence-corrected chi connectivity index (χ3v) is 3.51. The number of nitrogens with one attached hydrogen (secondary N) is 2. The normalized spacial score (nSPS) is 19.1. The summed E-state index contributed by atoms with van der Waals surface area (Å²) < 4.78 is 13.0. The first-order valence-electron chi connectivity index (χ1n) is 6.98. The molecule has 0 radical (unpaired) electrons. The van der Waals surface area contributed by atoms with Crippen LogP contribution < -0.4 is 10.6 Å². The summed E-state index contributed by atoms with van der Waals surface area (Å²) in [4.78, 5) is 11.7. The molecule has 3 nitrogen and oxygen atoms in total. The van der Waals surface area contributed by atoms with E-state index in [0.717, 1.165) is 24.9 Å². The van der Waals surface area contributed by atoms with E-state index in [2.05, 4.69) is 10.6 Å².